The number of esters is 1. The highest BCUT2D eigenvalue weighted by Gasteiger charge is 2.23. The van der Waals surface area contributed by atoms with Crippen LogP contribution in [0, 0.1) is 5.92 Å². The molecule has 0 spiro atoms. The van der Waals surface area contributed by atoms with Gasteiger partial charge in [0, 0.05) is 24.0 Å². The van der Waals surface area contributed by atoms with Gasteiger partial charge in [-0.25, -0.2) is 0 Å². The van der Waals surface area contributed by atoms with Crippen LogP contribution in [0.5, 0.6) is 0 Å². The second kappa shape index (κ2) is 10.1. The van der Waals surface area contributed by atoms with E-state index in [1.807, 2.05) is 30.3 Å². The molecule has 0 saturated heterocycles. The summed E-state index contributed by atoms with van der Waals surface area (Å²) in [6.45, 7) is 4.42. The SMILES string of the molecule is C[C@@H](CC(=O)OCc1ccccc1)Cc1cc(Br)c2c(c1)CCN2Cc1ccccc1. The van der Waals surface area contributed by atoms with Gasteiger partial charge < -0.3 is 9.64 Å². The zero-order chi connectivity index (χ0) is 21.6. The molecule has 0 amide bonds. The molecule has 3 nitrogen and oxygen atoms in total. The first-order valence-corrected chi connectivity index (χ1v) is 11.7. The Kier molecular flexibility index (Phi) is 7.08. The molecule has 0 bridgehead atoms. The first-order chi connectivity index (χ1) is 15.1. The normalized spacial score (nSPS) is 13.7. The number of benzene rings is 3. The number of nitrogens with zero attached hydrogens (tertiary/aromatic N) is 1. The van der Waals surface area contributed by atoms with Gasteiger partial charge in [0.15, 0.2) is 0 Å². The Labute approximate surface area is 193 Å². The maximum absolute atomic E-state index is 12.2. The van der Waals surface area contributed by atoms with E-state index in [0.29, 0.717) is 13.0 Å². The summed E-state index contributed by atoms with van der Waals surface area (Å²) in [5.74, 6) is 0.0978. The van der Waals surface area contributed by atoms with E-state index in [-0.39, 0.29) is 11.9 Å². The van der Waals surface area contributed by atoms with Gasteiger partial charge in [0.25, 0.3) is 0 Å². The highest BCUT2D eigenvalue weighted by atomic mass is 79.9. The number of halogens is 1. The van der Waals surface area contributed by atoms with Gasteiger partial charge in [-0.15, -0.1) is 0 Å². The molecule has 1 heterocycles. The van der Waals surface area contributed by atoms with Crippen molar-refractivity contribution >= 4 is 27.6 Å². The van der Waals surface area contributed by atoms with Gasteiger partial charge in [-0.3, -0.25) is 4.79 Å². The van der Waals surface area contributed by atoms with Crippen LogP contribution in [0.1, 0.15) is 35.6 Å². The van der Waals surface area contributed by atoms with E-state index in [0.717, 1.165) is 36.0 Å². The molecule has 160 valence electrons. The predicted octanol–water partition coefficient (Wildman–Crippen LogP) is 6.32. The van der Waals surface area contributed by atoms with Gasteiger partial charge in [0.1, 0.15) is 6.61 Å². The smallest absolute Gasteiger partial charge is 0.306 e. The van der Waals surface area contributed by atoms with Crippen molar-refractivity contribution < 1.29 is 9.53 Å². The lowest BCUT2D eigenvalue weighted by atomic mass is 9.96. The van der Waals surface area contributed by atoms with Crippen LogP contribution in [-0.2, 0) is 35.5 Å². The quantitative estimate of drug-likeness (QED) is 0.355. The molecule has 0 fully saturated rings. The predicted molar refractivity (Wildman–Crippen MR) is 129 cm³/mol. The third-order valence-corrected chi connectivity index (χ3v) is 6.33. The minimum atomic E-state index is -0.134. The Hall–Kier alpha value is -2.59. The van der Waals surface area contributed by atoms with Crippen LogP contribution in [0.3, 0.4) is 0 Å². The Bertz CT molecular complexity index is 1020. The summed E-state index contributed by atoms with van der Waals surface area (Å²) >= 11 is 3.81. The first kappa shape index (κ1) is 21.6. The van der Waals surface area contributed by atoms with E-state index in [9.17, 15) is 4.79 Å². The number of ether oxygens (including phenoxy) is 1. The molecule has 1 aliphatic heterocycles. The van der Waals surface area contributed by atoms with Crippen LogP contribution in [0.15, 0.2) is 77.3 Å². The number of rotatable bonds is 8. The van der Waals surface area contributed by atoms with Gasteiger partial charge in [0.05, 0.1) is 5.69 Å². The average molecular weight is 478 g/mol. The molecule has 4 heteroatoms. The zero-order valence-corrected chi connectivity index (χ0v) is 19.5. The molecule has 4 rings (SSSR count). The molecule has 3 aromatic carbocycles. The fourth-order valence-corrected chi connectivity index (χ4v) is 5.07. The molecule has 3 aromatic rings. The van der Waals surface area contributed by atoms with Crippen LogP contribution < -0.4 is 4.90 Å². The number of carbonyl (C=O) groups excluding carboxylic acids is 1. The lowest BCUT2D eigenvalue weighted by molar-refractivity contribution is -0.145. The summed E-state index contributed by atoms with van der Waals surface area (Å²) < 4.78 is 6.60. The van der Waals surface area contributed by atoms with Crippen molar-refractivity contribution in [1.82, 2.24) is 0 Å². The van der Waals surface area contributed by atoms with E-state index in [1.165, 1.54) is 22.4 Å². The zero-order valence-electron chi connectivity index (χ0n) is 17.9. The van der Waals surface area contributed by atoms with Crippen molar-refractivity contribution in [2.45, 2.75) is 39.3 Å². The van der Waals surface area contributed by atoms with Gasteiger partial charge >= 0.3 is 5.97 Å². The molecular formula is C27H28BrNO2. The summed E-state index contributed by atoms with van der Waals surface area (Å²) in [6, 6.07) is 25.0. The molecule has 0 unspecified atom stereocenters. The number of fused-ring (bicyclic) bond motifs is 1. The number of hydrogen-bond acceptors (Lipinski definition) is 3. The van der Waals surface area contributed by atoms with Crippen LogP contribution >= 0.6 is 15.9 Å². The monoisotopic (exact) mass is 477 g/mol. The van der Waals surface area contributed by atoms with E-state index >= 15 is 0 Å². The summed E-state index contributed by atoms with van der Waals surface area (Å²) in [6.07, 6.45) is 2.36. The van der Waals surface area contributed by atoms with Crippen LogP contribution in [-0.4, -0.2) is 12.5 Å². The van der Waals surface area contributed by atoms with Gasteiger partial charge in [0.2, 0.25) is 0 Å². The molecule has 0 N–H and O–H groups in total. The highest BCUT2D eigenvalue weighted by Crippen LogP contribution is 2.38. The minimum absolute atomic E-state index is 0.134. The molecular weight excluding hydrogens is 450 g/mol. The third kappa shape index (κ3) is 5.76. The lowest BCUT2D eigenvalue weighted by Crippen LogP contribution is -2.20. The standard InChI is InChI=1S/C27H28BrNO2/c1-20(15-26(30)31-19-22-10-6-3-7-11-22)14-23-16-24-12-13-29(27(24)25(28)17-23)18-21-8-4-2-5-9-21/h2-11,16-17,20H,12-15,18-19H2,1H3/t20-/m1/s1. The van der Waals surface area contributed by atoms with E-state index in [2.05, 4.69) is 70.2 Å². The largest absolute Gasteiger partial charge is 0.461 e. The molecule has 0 aliphatic carbocycles. The van der Waals surface area contributed by atoms with E-state index in [4.69, 9.17) is 4.74 Å². The summed E-state index contributed by atoms with van der Waals surface area (Å²) in [5, 5.41) is 0. The Morgan fingerprint density at radius 1 is 1.00 bits per heavy atom. The Balaban J connectivity index is 1.34. The molecule has 1 aliphatic rings. The summed E-state index contributed by atoms with van der Waals surface area (Å²) in [4.78, 5) is 14.7. The van der Waals surface area contributed by atoms with Crippen LogP contribution in [0.2, 0.25) is 0 Å². The van der Waals surface area contributed by atoms with Crippen molar-refractivity contribution in [3.8, 4) is 0 Å². The van der Waals surface area contributed by atoms with Gasteiger partial charge in [-0.2, -0.15) is 0 Å². The molecule has 1 atom stereocenters. The first-order valence-electron chi connectivity index (χ1n) is 10.9. The summed E-state index contributed by atoms with van der Waals surface area (Å²) in [7, 11) is 0. The Morgan fingerprint density at radius 2 is 1.68 bits per heavy atom. The Morgan fingerprint density at radius 3 is 2.39 bits per heavy atom. The summed E-state index contributed by atoms with van der Waals surface area (Å²) in [5.41, 5.74) is 6.32. The minimum Gasteiger partial charge on any atom is -0.461 e. The second-order valence-corrected chi connectivity index (χ2v) is 9.26. The van der Waals surface area contributed by atoms with Crippen molar-refractivity contribution in [2.24, 2.45) is 5.92 Å². The molecule has 31 heavy (non-hydrogen) atoms. The van der Waals surface area contributed by atoms with Gasteiger partial charge in [-0.05, 0) is 63.0 Å². The topological polar surface area (TPSA) is 29.5 Å². The third-order valence-electron chi connectivity index (χ3n) is 5.73. The molecule has 0 saturated carbocycles. The molecule has 0 radical (unpaired) electrons. The van der Waals surface area contributed by atoms with Crippen LogP contribution in [0.25, 0.3) is 0 Å². The highest BCUT2D eigenvalue weighted by molar-refractivity contribution is 9.10. The van der Waals surface area contributed by atoms with Crippen molar-refractivity contribution in [3.63, 3.8) is 0 Å². The van der Waals surface area contributed by atoms with Crippen molar-refractivity contribution in [2.75, 3.05) is 11.4 Å². The second-order valence-electron chi connectivity index (χ2n) is 8.40. The maximum atomic E-state index is 12.2. The van der Waals surface area contributed by atoms with Crippen molar-refractivity contribution in [1.29, 1.82) is 0 Å². The van der Waals surface area contributed by atoms with Gasteiger partial charge in [-0.1, -0.05) is 73.7 Å². The maximum Gasteiger partial charge on any atom is 0.306 e. The number of anilines is 1. The number of carbonyl (C=O) groups is 1. The lowest BCUT2D eigenvalue weighted by Gasteiger charge is -2.21. The van der Waals surface area contributed by atoms with Crippen LogP contribution in [0.4, 0.5) is 5.69 Å². The van der Waals surface area contributed by atoms with E-state index < -0.39 is 0 Å². The number of hydrogen-bond donors (Lipinski definition) is 0. The molecule has 0 aromatic heterocycles. The van der Waals surface area contributed by atoms with E-state index in [1.54, 1.807) is 0 Å². The average Bonchev–Trinajstić information content (AvgIpc) is 3.16. The fraction of sp³-hybridized carbons (Fsp3) is 0.296. The van der Waals surface area contributed by atoms with Crippen molar-refractivity contribution in [3.05, 3.63) is 99.5 Å². The fourth-order valence-electron chi connectivity index (χ4n) is 4.27.